The Bertz CT molecular complexity index is 632. The summed E-state index contributed by atoms with van der Waals surface area (Å²) in [6.07, 6.45) is 9.30. The second-order valence-corrected chi connectivity index (χ2v) is 13.1. The fourth-order valence-electron chi connectivity index (χ4n) is 5.77. The molecule has 0 aromatic carbocycles. The summed E-state index contributed by atoms with van der Waals surface area (Å²) in [4.78, 5) is 4.85. The molecule has 3 fully saturated rings. The highest BCUT2D eigenvalue weighted by Gasteiger charge is 2.39. The summed E-state index contributed by atoms with van der Waals surface area (Å²) in [6, 6.07) is 0.928. The van der Waals surface area contributed by atoms with Gasteiger partial charge < -0.3 is 10.6 Å². The highest BCUT2D eigenvalue weighted by molar-refractivity contribution is 7.91. The van der Waals surface area contributed by atoms with Crippen LogP contribution in [0.15, 0.2) is 4.99 Å². The lowest BCUT2D eigenvalue weighted by Gasteiger charge is -2.45. The molecule has 1 saturated heterocycles. The fraction of sp³-hybridized carbons (Fsp3) is 0.952. The van der Waals surface area contributed by atoms with Gasteiger partial charge in [0.05, 0.1) is 11.5 Å². The smallest absolute Gasteiger partial charge is 0.191 e. The monoisotopic (exact) mass is 397 g/mol. The number of hydrogen-bond donors (Lipinski definition) is 2. The molecule has 0 aromatic rings. The van der Waals surface area contributed by atoms with Crippen LogP contribution in [0.25, 0.3) is 0 Å². The minimum atomic E-state index is -2.83. The Kier molecular flexibility index (Phi) is 6.14. The lowest BCUT2D eigenvalue weighted by Crippen LogP contribution is -2.51. The molecule has 3 rings (SSSR count). The maximum Gasteiger partial charge on any atom is 0.191 e. The van der Waals surface area contributed by atoms with E-state index in [0.717, 1.165) is 25.2 Å². The summed E-state index contributed by atoms with van der Waals surface area (Å²) in [5.41, 5.74) is 0.662. The van der Waals surface area contributed by atoms with Crippen LogP contribution in [-0.4, -0.2) is 44.5 Å². The van der Waals surface area contributed by atoms with Crippen molar-refractivity contribution >= 4 is 15.8 Å². The van der Waals surface area contributed by atoms with Gasteiger partial charge in [0, 0.05) is 18.6 Å². The maximum atomic E-state index is 11.7. The molecular weight excluding hydrogens is 358 g/mol. The van der Waals surface area contributed by atoms with Crippen molar-refractivity contribution in [1.82, 2.24) is 10.6 Å². The first-order valence-electron chi connectivity index (χ1n) is 10.8. The Morgan fingerprint density at radius 1 is 0.963 bits per heavy atom. The van der Waals surface area contributed by atoms with E-state index in [1.807, 2.05) is 0 Å². The van der Waals surface area contributed by atoms with Crippen LogP contribution in [0.3, 0.4) is 0 Å². The molecule has 0 bridgehead atoms. The Morgan fingerprint density at radius 3 is 2.11 bits per heavy atom. The number of nitrogens with zero attached hydrogens (tertiary/aromatic N) is 1. The van der Waals surface area contributed by atoms with Crippen molar-refractivity contribution in [2.45, 2.75) is 91.1 Å². The summed E-state index contributed by atoms with van der Waals surface area (Å²) in [5, 5.41) is 7.38. The lowest BCUT2D eigenvalue weighted by molar-refractivity contribution is 0.0917. The molecule has 156 valence electrons. The predicted octanol–water partition coefficient (Wildman–Crippen LogP) is 3.50. The standard InChI is InChI=1S/C21H39N3O2S/c1-20(2)11-18(12-21(3,4)15-20)24-19(23-17-7-5-6-8-17)22-13-16-9-10-27(25,26)14-16/h16-18H,5-15H2,1-4H3,(H2,22,23,24). The molecule has 1 unspecified atom stereocenters. The summed E-state index contributed by atoms with van der Waals surface area (Å²) in [6.45, 7) is 10.1. The summed E-state index contributed by atoms with van der Waals surface area (Å²) >= 11 is 0. The molecule has 1 atom stereocenters. The topological polar surface area (TPSA) is 70.6 Å². The lowest BCUT2D eigenvalue weighted by atomic mass is 9.63. The first-order valence-corrected chi connectivity index (χ1v) is 12.6. The second kappa shape index (κ2) is 7.92. The van der Waals surface area contributed by atoms with E-state index in [4.69, 9.17) is 4.99 Å². The van der Waals surface area contributed by atoms with Gasteiger partial charge in [-0.15, -0.1) is 0 Å². The average molecular weight is 398 g/mol. The third-order valence-electron chi connectivity index (χ3n) is 6.43. The highest BCUT2D eigenvalue weighted by atomic mass is 32.2. The number of rotatable bonds is 4. The molecule has 2 N–H and O–H groups in total. The molecule has 1 aliphatic heterocycles. The van der Waals surface area contributed by atoms with E-state index in [2.05, 4.69) is 38.3 Å². The number of sulfone groups is 1. The summed E-state index contributed by atoms with van der Waals surface area (Å²) in [7, 11) is -2.83. The third-order valence-corrected chi connectivity index (χ3v) is 8.26. The van der Waals surface area contributed by atoms with Gasteiger partial charge >= 0.3 is 0 Å². The van der Waals surface area contributed by atoms with Crippen molar-refractivity contribution in [3.8, 4) is 0 Å². The molecule has 2 aliphatic carbocycles. The summed E-state index contributed by atoms with van der Waals surface area (Å²) < 4.78 is 23.5. The third kappa shape index (κ3) is 6.37. The summed E-state index contributed by atoms with van der Waals surface area (Å²) in [5.74, 6) is 1.72. The van der Waals surface area contributed by atoms with Crippen LogP contribution < -0.4 is 10.6 Å². The van der Waals surface area contributed by atoms with E-state index < -0.39 is 9.84 Å². The maximum absolute atomic E-state index is 11.7. The molecule has 5 nitrogen and oxygen atoms in total. The molecule has 3 aliphatic rings. The average Bonchev–Trinajstić information content (AvgIpc) is 3.10. The van der Waals surface area contributed by atoms with Gasteiger partial charge in [-0.3, -0.25) is 4.99 Å². The van der Waals surface area contributed by atoms with Gasteiger partial charge in [0.2, 0.25) is 0 Å². The van der Waals surface area contributed by atoms with Crippen LogP contribution >= 0.6 is 0 Å². The molecular formula is C21H39N3O2S. The van der Waals surface area contributed by atoms with Crippen LogP contribution in [0.4, 0.5) is 0 Å². The number of guanidine groups is 1. The Hall–Kier alpha value is -0.780. The van der Waals surface area contributed by atoms with Crippen molar-refractivity contribution < 1.29 is 8.42 Å². The number of hydrogen-bond acceptors (Lipinski definition) is 3. The molecule has 2 saturated carbocycles. The molecule has 0 radical (unpaired) electrons. The van der Waals surface area contributed by atoms with Crippen molar-refractivity contribution in [3.63, 3.8) is 0 Å². The Morgan fingerprint density at radius 2 is 1.56 bits per heavy atom. The van der Waals surface area contributed by atoms with E-state index in [1.165, 1.54) is 32.1 Å². The van der Waals surface area contributed by atoms with Crippen molar-refractivity contribution in [3.05, 3.63) is 0 Å². The zero-order valence-electron chi connectivity index (χ0n) is 17.7. The Balaban J connectivity index is 1.66. The van der Waals surface area contributed by atoms with Gasteiger partial charge in [0.25, 0.3) is 0 Å². The second-order valence-electron chi connectivity index (χ2n) is 10.8. The van der Waals surface area contributed by atoms with E-state index >= 15 is 0 Å². The highest BCUT2D eigenvalue weighted by Crippen LogP contribution is 2.45. The van der Waals surface area contributed by atoms with Crippen molar-refractivity contribution in [2.75, 3.05) is 18.1 Å². The quantitative estimate of drug-likeness (QED) is 0.563. The van der Waals surface area contributed by atoms with E-state index in [9.17, 15) is 8.42 Å². The van der Waals surface area contributed by atoms with Gasteiger partial charge in [-0.1, -0.05) is 40.5 Å². The molecule has 27 heavy (non-hydrogen) atoms. The largest absolute Gasteiger partial charge is 0.354 e. The van der Waals surface area contributed by atoms with Crippen LogP contribution in [0.1, 0.15) is 79.1 Å². The van der Waals surface area contributed by atoms with Gasteiger partial charge in [-0.2, -0.15) is 0 Å². The normalized spacial score (nSPS) is 31.1. The Labute approximate surface area is 166 Å². The SMILES string of the molecule is CC1(C)CC(NC(=NCC2CCS(=O)(=O)C2)NC2CCCC2)CC(C)(C)C1. The molecule has 1 heterocycles. The van der Waals surface area contributed by atoms with Gasteiger partial charge in [0.15, 0.2) is 15.8 Å². The van der Waals surface area contributed by atoms with Gasteiger partial charge in [-0.25, -0.2) is 8.42 Å². The van der Waals surface area contributed by atoms with Crippen LogP contribution in [-0.2, 0) is 9.84 Å². The molecule has 6 heteroatoms. The molecule has 0 spiro atoms. The predicted molar refractivity (Wildman–Crippen MR) is 113 cm³/mol. The van der Waals surface area contributed by atoms with Gasteiger partial charge in [-0.05, 0) is 55.3 Å². The van der Waals surface area contributed by atoms with Crippen molar-refractivity contribution in [2.24, 2.45) is 21.7 Å². The van der Waals surface area contributed by atoms with Gasteiger partial charge in [0.1, 0.15) is 0 Å². The molecule has 0 amide bonds. The minimum absolute atomic E-state index is 0.177. The first kappa shape index (κ1) is 20.9. The number of nitrogens with one attached hydrogen (secondary N) is 2. The molecule has 0 aromatic heterocycles. The fourth-order valence-corrected chi connectivity index (χ4v) is 7.62. The van der Waals surface area contributed by atoms with E-state index in [-0.39, 0.29) is 5.92 Å². The van der Waals surface area contributed by atoms with Crippen LogP contribution in [0, 0.1) is 16.7 Å². The van der Waals surface area contributed by atoms with Crippen LogP contribution in [0.2, 0.25) is 0 Å². The van der Waals surface area contributed by atoms with Crippen LogP contribution in [0.5, 0.6) is 0 Å². The zero-order valence-corrected chi connectivity index (χ0v) is 18.5. The zero-order chi connectivity index (χ0) is 19.7. The first-order chi connectivity index (χ1) is 12.5. The minimum Gasteiger partial charge on any atom is -0.354 e. The van der Waals surface area contributed by atoms with E-state index in [1.54, 1.807) is 0 Å². The van der Waals surface area contributed by atoms with Crippen molar-refractivity contribution in [1.29, 1.82) is 0 Å². The number of aliphatic imine (C=N–C) groups is 1. The van der Waals surface area contributed by atoms with E-state index in [0.29, 0.717) is 41.0 Å².